The molecule has 3 rings (SSSR count). The molecule has 1 aromatic carbocycles. The number of hydrogen-bond donors (Lipinski definition) is 6. The topological polar surface area (TPSA) is 139 Å². The molecular formula is C22H29F2N7. The van der Waals surface area contributed by atoms with Crippen molar-refractivity contribution in [1.29, 1.82) is 5.41 Å². The second kappa shape index (κ2) is 10.2. The zero-order valence-corrected chi connectivity index (χ0v) is 17.3. The van der Waals surface area contributed by atoms with Crippen LogP contribution in [0, 0.1) is 5.41 Å². The first-order valence-electron chi connectivity index (χ1n) is 10.2. The fraction of sp³-hybridized carbons (Fsp3) is 0.364. The third kappa shape index (κ3) is 5.91. The van der Waals surface area contributed by atoms with Crippen LogP contribution in [0.2, 0.25) is 0 Å². The Morgan fingerprint density at radius 3 is 2.68 bits per heavy atom. The van der Waals surface area contributed by atoms with Gasteiger partial charge in [0.1, 0.15) is 17.3 Å². The van der Waals surface area contributed by atoms with Crippen LogP contribution in [0.15, 0.2) is 42.1 Å². The van der Waals surface area contributed by atoms with E-state index in [4.69, 9.17) is 22.6 Å². The first-order chi connectivity index (χ1) is 14.8. The number of aromatic nitrogens is 1. The van der Waals surface area contributed by atoms with Gasteiger partial charge in [0.2, 0.25) is 0 Å². The van der Waals surface area contributed by atoms with Gasteiger partial charge in [-0.25, -0.2) is 13.8 Å². The number of nitrogens with zero attached hydrogens (tertiary/aromatic N) is 1. The zero-order valence-electron chi connectivity index (χ0n) is 17.3. The van der Waals surface area contributed by atoms with Crippen molar-refractivity contribution in [3.05, 3.63) is 58.8 Å². The maximum absolute atomic E-state index is 13.3. The summed E-state index contributed by atoms with van der Waals surface area (Å²) < 4.78 is 26.5. The van der Waals surface area contributed by atoms with Gasteiger partial charge < -0.3 is 27.8 Å². The lowest BCUT2D eigenvalue weighted by molar-refractivity contribution is 0.225. The van der Waals surface area contributed by atoms with Crippen LogP contribution in [0.25, 0.3) is 0 Å². The number of hydrogen-bond acceptors (Lipinski definition) is 7. The van der Waals surface area contributed by atoms with Crippen LogP contribution in [0.3, 0.4) is 0 Å². The van der Waals surface area contributed by atoms with Crippen molar-refractivity contribution in [2.75, 3.05) is 30.3 Å². The summed E-state index contributed by atoms with van der Waals surface area (Å²) >= 11 is 0. The summed E-state index contributed by atoms with van der Waals surface area (Å²) in [6.07, 6.45) is 0.735. The quantitative estimate of drug-likeness (QED) is 0.357. The molecule has 7 nitrogen and oxygen atoms in total. The van der Waals surface area contributed by atoms with Gasteiger partial charge in [-0.3, -0.25) is 5.41 Å². The van der Waals surface area contributed by atoms with Crippen molar-refractivity contribution >= 4 is 23.0 Å². The zero-order chi connectivity index (χ0) is 22.4. The van der Waals surface area contributed by atoms with Crippen molar-refractivity contribution in [2.24, 2.45) is 0 Å². The molecule has 1 aromatic heterocycles. The highest BCUT2D eigenvalue weighted by atomic mass is 19.3. The van der Waals surface area contributed by atoms with Gasteiger partial charge in [0.05, 0.1) is 5.69 Å². The van der Waals surface area contributed by atoms with E-state index in [2.05, 4.69) is 27.8 Å². The summed E-state index contributed by atoms with van der Waals surface area (Å²) in [7, 11) is 0. The number of rotatable bonds is 8. The molecule has 0 aliphatic carbocycles. The molecule has 1 aliphatic heterocycles. The Labute approximate surface area is 180 Å². The molecular weight excluding hydrogens is 400 g/mol. The van der Waals surface area contributed by atoms with Gasteiger partial charge in [-0.2, -0.15) is 0 Å². The summed E-state index contributed by atoms with van der Waals surface area (Å²) in [5, 5.41) is 14.2. The minimum absolute atomic E-state index is 0.00591. The predicted octanol–water partition coefficient (Wildman–Crippen LogP) is 2.80. The van der Waals surface area contributed by atoms with Gasteiger partial charge in [-0.1, -0.05) is 24.3 Å². The highest BCUT2D eigenvalue weighted by Crippen LogP contribution is 2.26. The number of halogens is 2. The van der Waals surface area contributed by atoms with Gasteiger partial charge >= 0.3 is 0 Å². The summed E-state index contributed by atoms with van der Waals surface area (Å²) in [5.74, 6) is 0.720. The van der Waals surface area contributed by atoms with Crippen LogP contribution in [0.1, 0.15) is 35.4 Å². The number of nitrogens with one attached hydrogen (secondary N) is 3. The largest absolute Gasteiger partial charge is 0.396 e. The van der Waals surface area contributed by atoms with E-state index < -0.39 is 12.1 Å². The molecule has 9 heteroatoms. The molecule has 1 saturated heterocycles. The van der Waals surface area contributed by atoms with Crippen LogP contribution in [0.5, 0.6) is 0 Å². The Bertz CT molecular complexity index is 953. The van der Waals surface area contributed by atoms with E-state index in [1.54, 1.807) is 0 Å². The second-order valence-corrected chi connectivity index (χ2v) is 7.72. The molecule has 0 radical (unpaired) electrons. The van der Waals surface area contributed by atoms with E-state index in [1.165, 1.54) is 17.8 Å². The fourth-order valence-corrected chi connectivity index (χ4v) is 3.77. The van der Waals surface area contributed by atoms with E-state index in [0.717, 1.165) is 31.5 Å². The van der Waals surface area contributed by atoms with Crippen molar-refractivity contribution in [3.8, 4) is 0 Å². The molecule has 0 amide bonds. The lowest BCUT2D eigenvalue weighted by Crippen LogP contribution is -2.26. The third-order valence-electron chi connectivity index (χ3n) is 5.48. The van der Waals surface area contributed by atoms with Crippen molar-refractivity contribution < 1.29 is 8.78 Å². The van der Waals surface area contributed by atoms with Gasteiger partial charge in [-0.05, 0) is 60.2 Å². The van der Waals surface area contributed by atoms with Crippen molar-refractivity contribution in [2.45, 2.75) is 38.2 Å². The number of piperidine rings is 1. The van der Waals surface area contributed by atoms with Gasteiger partial charge in [0.25, 0.3) is 6.43 Å². The van der Waals surface area contributed by atoms with Crippen LogP contribution >= 0.6 is 0 Å². The van der Waals surface area contributed by atoms with Gasteiger partial charge in [0, 0.05) is 19.2 Å². The summed E-state index contributed by atoms with van der Waals surface area (Å²) in [4.78, 5) is 3.86. The minimum Gasteiger partial charge on any atom is -0.396 e. The van der Waals surface area contributed by atoms with E-state index >= 15 is 0 Å². The molecule has 0 atom stereocenters. The number of alkyl halides is 2. The monoisotopic (exact) mass is 429 g/mol. The molecule has 0 unspecified atom stereocenters. The lowest BCUT2D eigenvalue weighted by atomic mass is 9.89. The molecule has 31 heavy (non-hydrogen) atoms. The third-order valence-corrected chi connectivity index (χ3v) is 5.48. The molecule has 2 aromatic rings. The highest BCUT2D eigenvalue weighted by molar-refractivity contribution is 6.00. The number of nitrogen functional groups attached to an aromatic ring is 3. The van der Waals surface area contributed by atoms with Crippen LogP contribution < -0.4 is 27.8 Å². The Balaban J connectivity index is 1.74. The second-order valence-electron chi connectivity index (χ2n) is 7.72. The number of allylic oxidation sites excluding steroid dienone is 1. The summed E-state index contributed by atoms with van der Waals surface area (Å²) in [6.45, 7) is 2.49. The average Bonchev–Trinajstić information content (AvgIpc) is 2.76. The minimum atomic E-state index is -2.91. The molecule has 166 valence electrons. The maximum Gasteiger partial charge on any atom is 0.280 e. The highest BCUT2D eigenvalue weighted by Gasteiger charge is 2.19. The van der Waals surface area contributed by atoms with E-state index in [1.807, 2.05) is 12.1 Å². The van der Waals surface area contributed by atoms with Crippen LogP contribution in [0.4, 0.5) is 26.1 Å². The fourth-order valence-electron chi connectivity index (χ4n) is 3.77. The molecule has 1 aliphatic rings. The number of anilines is 3. The molecule has 0 spiro atoms. The number of pyridine rings is 1. The Morgan fingerprint density at radius 1 is 1.23 bits per heavy atom. The summed E-state index contributed by atoms with van der Waals surface area (Å²) in [5.41, 5.74) is 19.7. The predicted molar refractivity (Wildman–Crippen MR) is 121 cm³/mol. The smallest absolute Gasteiger partial charge is 0.280 e. The Hall–Kier alpha value is -3.20. The first kappa shape index (κ1) is 22.5. The molecule has 0 bridgehead atoms. The van der Waals surface area contributed by atoms with Crippen molar-refractivity contribution in [3.63, 3.8) is 0 Å². The molecule has 0 saturated carbocycles. The van der Waals surface area contributed by atoms with Crippen LogP contribution in [-0.2, 0) is 13.0 Å². The standard InChI is InChI=1S/C22H29F2N7/c23-21(24)19(26)17(9-16-10-18(25)31-22(28)20(16)27)12-30-11-13-2-1-3-15(8-13)14-4-6-29-7-5-14/h1-3,8,10,12,14,21,26,29-30H,4-7,9,11,27H2,(H4,25,28,31)/b17-12-,26-19?. The number of nitrogens with two attached hydrogens (primary N) is 3. The van der Waals surface area contributed by atoms with Crippen LogP contribution in [-0.4, -0.2) is 30.2 Å². The number of benzene rings is 1. The van der Waals surface area contributed by atoms with Crippen molar-refractivity contribution in [1.82, 2.24) is 15.6 Å². The first-order valence-corrected chi connectivity index (χ1v) is 10.2. The lowest BCUT2D eigenvalue weighted by Gasteiger charge is -2.23. The Morgan fingerprint density at radius 2 is 1.97 bits per heavy atom. The molecule has 2 heterocycles. The van der Waals surface area contributed by atoms with Gasteiger partial charge in [-0.15, -0.1) is 0 Å². The van der Waals surface area contributed by atoms with E-state index in [-0.39, 0.29) is 29.3 Å². The maximum atomic E-state index is 13.3. The Kier molecular flexibility index (Phi) is 7.41. The summed E-state index contributed by atoms with van der Waals surface area (Å²) in [6, 6.07) is 9.78. The normalized spacial score (nSPS) is 15.3. The average molecular weight is 430 g/mol. The van der Waals surface area contributed by atoms with Gasteiger partial charge in [0.15, 0.2) is 0 Å². The van der Waals surface area contributed by atoms with E-state index in [9.17, 15) is 8.78 Å². The molecule has 1 fully saturated rings. The SMILES string of the molecule is N=C(/C(=C\NCc1cccc(C2CCNCC2)c1)Cc1cc(N)nc(N)c1N)C(F)F. The molecule has 9 N–H and O–H groups in total. The van der Waals surface area contributed by atoms with E-state index in [0.29, 0.717) is 18.0 Å².